The van der Waals surface area contributed by atoms with Crippen LogP contribution in [0.2, 0.25) is 0 Å². The van der Waals surface area contributed by atoms with Gasteiger partial charge >= 0.3 is 81.9 Å². The molecule has 31 nitrogen and oxygen atoms in total. The molecule has 0 radical (unpaired) electrons. The molecule has 0 spiro atoms. The predicted octanol–water partition coefficient (Wildman–Crippen LogP) is -1.77. The first-order valence-corrected chi connectivity index (χ1v) is 23.5. The van der Waals surface area contributed by atoms with Crippen molar-refractivity contribution in [2.45, 2.75) is 86.7 Å². The van der Waals surface area contributed by atoms with Crippen LogP contribution >= 0.6 is 0 Å². The van der Waals surface area contributed by atoms with E-state index in [2.05, 4.69) is 48.9 Å². The number of aromatic nitrogens is 6. The molecule has 1 unspecified atom stereocenters. The number of carbonyl (C=O) groups excluding carboxylic acids is 11. The summed E-state index contributed by atoms with van der Waals surface area (Å²) in [6, 6.07) is 0. The maximum Gasteiger partial charge on any atom is 0.336 e. The average molecular weight is 1170 g/mol. The van der Waals surface area contributed by atoms with Crippen molar-refractivity contribution in [1.82, 2.24) is 27.4 Å². The average Bonchev–Trinajstić information content (AvgIpc) is 3.57. The molecule has 2 rings (SSSR count). The lowest BCUT2D eigenvalue weighted by Crippen LogP contribution is -2.55. The number of methoxy groups -OCH3 is 2. The molecule has 0 aliphatic heterocycles. The first kappa shape index (κ1) is 76.3. The van der Waals surface area contributed by atoms with Crippen LogP contribution in [0, 0.1) is 5.92 Å². The van der Waals surface area contributed by atoms with Crippen LogP contribution in [0.4, 0.5) is 0 Å². The maximum atomic E-state index is 12.8. The zero-order chi connectivity index (χ0) is 62.4. The van der Waals surface area contributed by atoms with Crippen LogP contribution in [0.5, 0.6) is 0 Å². The van der Waals surface area contributed by atoms with Crippen LogP contribution in [0.1, 0.15) is 47.5 Å². The third-order valence-electron chi connectivity index (χ3n) is 9.50. The van der Waals surface area contributed by atoms with E-state index < -0.39 is 133 Å². The topological polar surface area (TPSA) is 394 Å². The fourth-order valence-corrected chi connectivity index (χ4v) is 5.49. The number of Topliss-reactive ketones (excluding diaryl/α,β-unsaturated/α-hetero) is 2. The summed E-state index contributed by atoms with van der Waals surface area (Å²) >= 11 is 0. The minimum Gasteiger partial charge on any atom is -0.469 e. The molecule has 1 atom stereocenters. The lowest BCUT2D eigenvalue weighted by Gasteiger charge is -2.14. The molecule has 2 aromatic heterocycles. The van der Waals surface area contributed by atoms with Crippen LogP contribution < -0.4 is 34.1 Å². The second-order valence-electron chi connectivity index (χ2n) is 15.2. The Morgan fingerprint density at radius 2 is 0.646 bits per heavy atom. The zero-order valence-corrected chi connectivity index (χ0v) is 45.3. The van der Waals surface area contributed by atoms with Gasteiger partial charge in [-0.2, -0.15) is 0 Å². The quantitative estimate of drug-likeness (QED) is 0.0349. The number of allylic oxidation sites excluding steroid dienone is 1. The Balaban J connectivity index is -0.00000125. The highest BCUT2D eigenvalue weighted by Gasteiger charge is 2.25. The van der Waals surface area contributed by atoms with E-state index in [1.54, 1.807) is 0 Å². The van der Waals surface area contributed by atoms with Crippen molar-refractivity contribution in [1.29, 1.82) is 0 Å². The second kappa shape index (κ2) is 42.0. The number of esters is 8. The van der Waals surface area contributed by atoms with Gasteiger partial charge in [-0.25, -0.2) is 80.1 Å². The molecular formula is C51H68N6O25. The van der Waals surface area contributed by atoms with Gasteiger partial charge in [0.05, 0.1) is 53.5 Å². The van der Waals surface area contributed by atoms with E-state index in [-0.39, 0.29) is 77.7 Å². The first-order chi connectivity index (χ1) is 38.2. The van der Waals surface area contributed by atoms with Gasteiger partial charge in [0.1, 0.15) is 63.5 Å². The molecule has 0 N–H and O–H groups in total. The number of hydrogen-bond acceptors (Lipinski definition) is 25. The molecule has 0 bridgehead atoms. The fourth-order valence-electron chi connectivity index (χ4n) is 5.49. The van der Waals surface area contributed by atoms with Crippen molar-refractivity contribution in [2.24, 2.45) is 5.92 Å². The molecule has 0 saturated heterocycles. The largest absolute Gasteiger partial charge is 0.469 e. The summed E-state index contributed by atoms with van der Waals surface area (Å²) in [5, 5.41) is 0. The van der Waals surface area contributed by atoms with Crippen molar-refractivity contribution in [2.75, 3.05) is 53.9 Å². The smallest absolute Gasteiger partial charge is 0.336 e. The standard InChI is InChI=1S/C23H29N3O12.C18H21N3O9.C5H8O3.C4H6O.CH4/c1-5-17(28)36-12-9-24-21(32)25(10-13-37-18(29)6-2)23(34)26(22(24)33)11-14-38-19(30)8-7-16(15(3)27)20(31)35-4;1-4-13(22)28-10-7-19-16(25)20(8-11-29-14(23)5-2)18(27)21(17(19)26)9-12-30-15(24)6-3;1-4(6)3-5(7)8-2;1-3-4(2)5;/h5-6,16H,1-2,7-14H2,3-4H3;4-6H,1-3,7-12H2;3H2,1-2H3;3H,1H2,2H3;1H4. The van der Waals surface area contributed by atoms with Crippen molar-refractivity contribution >= 4 is 65.1 Å². The Kier molecular flexibility index (Phi) is 39.1. The van der Waals surface area contributed by atoms with E-state index in [0.717, 1.165) is 37.5 Å². The van der Waals surface area contributed by atoms with Crippen LogP contribution in [0.3, 0.4) is 0 Å². The van der Waals surface area contributed by atoms with Gasteiger partial charge in [-0.05, 0) is 33.3 Å². The SMILES string of the molecule is C.C=CC(=O)OCCn1c(=O)n(CCOC(=O)C=C)c(=O)n(CCOC(=O)C=C)c1=O.C=CC(=O)OCCn1c(=O)n(CCOC(=O)C=C)c(=O)n(CCOC(=O)CCC(C(C)=O)C(=O)OC)c1=O.C=CC(C)=O.COC(=O)CC(C)=O. The Hall–Kier alpha value is -9.97. The van der Waals surface area contributed by atoms with Crippen molar-refractivity contribution in [3.05, 3.63) is 139 Å². The third kappa shape index (κ3) is 29.1. The van der Waals surface area contributed by atoms with Crippen molar-refractivity contribution < 1.29 is 90.6 Å². The molecule has 0 amide bonds. The molecule has 0 fully saturated rings. The highest BCUT2D eigenvalue weighted by atomic mass is 16.6. The van der Waals surface area contributed by atoms with Crippen LogP contribution in [-0.4, -0.2) is 146 Å². The van der Waals surface area contributed by atoms with Crippen molar-refractivity contribution in [3.8, 4) is 0 Å². The van der Waals surface area contributed by atoms with Gasteiger partial charge in [-0.15, -0.1) is 0 Å². The molecule has 0 aromatic carbocycles. The third-order valence-corrected chi connectivity index (χ3v) is 9.50. The normalized spacial score (nSPS) is 10.0. The van der Waals surface area contributed by atoms with Gasteiger partial charge in [-0.3, -0.25) is 28.8 Å². The summed E-state index contributed by atoms with van der Waals surface area (Å²) < 4.78 is 41.4. The Morgan fingerprint density at radius 3 is 0.817 bits per heavy atom. The molecule has 452 valence electrons. The number of hydrogen-bond donors (Lipinski definition) is 0. The summed E-state index contributed by atoms with van der Waals surface area (Å²) in [6.07, 6.45) is 5.17. The zero-order valence-electron chi connectivity index (χ0n) is 45.3. The van der Waals surface area contributed by atoms with E-state index >= 15 is 0 Å². The van der Waals surface area contributed by atoms with Gasteiger partial charge in [0, 0.05) is 36.8 Å². The van der Waals surface area contributed by atoms with Gasteiger partial charge in [-0.1, -0.05) is 46.9 Å². The predicted molar refractivity (Wildman–Crippen MR) is 286 cm³/mol. The van der Waals surface area contributed by atoms with E-state index in [0.29, 0.717) is 27.4 Å². The van der Waals surface area contributed by atoms with Gasteiger partial charge in [0.2, 0.25) is 0 Å². The minimum absolute atomic E-state index is 0. The lowest BCUT2D eigenvalue weighted by atomic mass is 9.99. The van der Waals surface area contributed by atoms with Gasteiger partial charge < -0.3 is 37.9 Å². The molecule has 31 heteroatoms. The molecule has 0 aliphatic rings. The lowest BCUT2D eigenvalue weighted by molar-refractivity contribution is -0.151. The summed E-state index contributed by atoms with van der Waals surface area (Å²) in [5.41, 5.74) is -6.15. The number of rotatable bonds is 31. The van der Waals surface area contributed by atoms with Crippen LogP contribution in [0.15, 0.2) is 105 Å². The second-order valence-corrected chi connectivity index (χ2v) is 15.2. The summed E-state index contributed by atoms with van der Waals surface area (Å²) in [6.45, 7) is 18.7. The van der Waals surface area contributed by atoms with E-state index in [1.165, 1.54) is 34.0 Å². The molecule has 82 heavy (non-hydrogen) atoms. The number of ketones is 3. The Labute approximate surface area is 467 Å². The molecule has 0 saturated carbocycles. The fraction of sp³-hybridized carbons (Fsp3) is 0.431. The van der Waals surface area contributed by atoms with E-state index in [9.17, 15) is 81.5 Å². The first-order valence-electron chi connectivity index (χ1n) is 23.5. The van der Waals surface area contributed by atoms with Gasteiger partial charge in [0.25, 0.3) is 0 Å². The Morgan fingerprint density at radius 1 is 0.402 bits per heavy atom. The Bertz CT molecular complexity index is 2810. The molecule has 0 aliphatic carbocycles. The number of carbonyl (C=O) groups is 11. The highest BCUT2D eigenvalue weighted by Crippen LogP contribution is 2.11. The van der Waals surface area contributed by atoms with Crippen molar-refractivity contribution in [3.63, 3.8) is 0 Å². The summed E-state index contributed by atoms with van der Waals surface area (Å²) in [7, 11) is 2.36. The van der Waals surface area contributed by atoms with E-state index in [4.69, 9.17) is 28.4 Å². The number of nitrogens with zero attached hydrogens (tertiary/aromatic N) is 6. The van der Waals surface area contributed by atoms with E-state index in [1.807, 2.05) is 0 Å². The summed E-state index contributed by atoms with van der Waals surface area (Å²) in [4.78, 5) is 197. The van der Waals surface area contributed by atoms with Crippen LogP contribution in [0.25, 0.3) is 0 Å². The van der Waals surface area contributed by atoms with Crippen LogP contribution in [-0.2, 0) is 130 Å². The highest BCUT2D eigenvalue weighted by molar-refractivity contribution is 5.98. The molecule has 2 aromatic rings. The number of ether oxygens (including phenoxy) is 8. The van der Waals surface area contributed by atoms with Gasteiger partial charge in [0.15, 0.2) is 5.78 Å². The molecule has 2 heterocycles. The molecular weight excluding hydrogens is 1100 g/mol. The minimum atomic E-state index is -1.14. The monoisotopic (exact) mass is 1160 g/mol. The summed E-state index contributed by atoms with van der Waals surface area (Å²) in [5.74, 6) is -7.74. The maximum absolute atomic E-state index is 12.8.